The van der Waals surface area contributed by atoms with Crippen LogP contribution in [0.25, 0.3) is 0 Å². The van der Waals surface area contributed by atoms with Crippen LogP contribution in [-0.4, -0.2) is 21.1 Å². The number of hydrogen-bond donors (Lipinski definition) is 1. The lowest BCUT2D eigenvalue weighted by atomic mass is 10.2. The molecule has 1 saturated carbocycles. The molecule has 5 nitrogen and oxygen atoms in total. The van der Waals surface area contributed by atoms with Crippen molar-refractivity contribution in [2.75, 3.05) is 0 Å². The number of ether oxygens (including phenoxy) is 1. The fourth-order valence-electron chi connectivity index (χ4n) is 2.65. The Labute approximate surface area is 157 Å². The van der Waals surface area contributed by atoms with Crippen molar-refractivity contribution in [3.8, 4) is 5.75 Å². The Morgan fingerprint density at radius 2 is 1.92 bits per heavy atom. The van der Waals surface area contributed by atoms with Gasteiger partial charge in [0.05, 0.1) is 6.21 Å². The smallest absolute Gasteiger partial charge is 0.216 e. The molecule has 1 N–H and O–H groups in total. The predicted molar refractivity (Wildman–Crippen MR) is 104 cm³/mol. The maximum atomic E-state index is 5.83. The quantitative estimate of drug-likeness (QED) is 0.514. The Morgan fingerprint density at radius 3 is 2.62 bits per heavy atom. The van der Waals surface area contributed by atoms with Crippen LogP contribution >= 0.6 is 12.2 Å². The van der Waals surface area contributed by atoms with E-state index in [2.05, 4.69) is 46.5 Å². The van der Waals surface area contributed by atoms with Crippen LogP contribution in [0.4, 0.5) is 0 Å². The summed E-state index contributed by atoms with van der Waals surface area (Å²) in [6.07, 6.45) is 4.10. The molecule has 26 heavy (non-hydrogen) atoms. The zero-order valence-electron chi connectivity index (χ0n) is 14.6. The molecule has 0 atom stereocenters. The van der Waals surface area contributed by atoms with Crippen molar-refractivity contribution < 1.29 is 4.74 Å². The molecule has 0 bridgehead atoms. The molecule has 1 fully saturated rings. The summed E-state index contributed by atoms with van der Waals surface area (Å²) >= 11 is 5.26. The third kappa shape index (κ3) is 3.91. The van der Waals surface area contributed by atoms with Crippen molar-refractivity contribution in [1.29, 1.82) is 0 Å². The van der Waals surface area contributed by atoms with Crippen LogP contribution in [-0.2, 0) is 6.61 Å². The van der Waals surface area contributed by atoms with E-state index < -0.39 is 0 Å². The summed E-state index contributed by atoms with van der Waals surface area (Å²) in [5.74, 6) is 2.24. The van der Waals surface area contributed by atoms with Gasteiger partial charge in [-0.1, -0.05) is 29.8 Å². The van der Waals surface area contributed by atoms with E-state index in [1.807, 2.05) is 24.3 Å². The van der Waals surface area contributed by atoms with Crippen molar-refractivity contribution >= 4 is 18.4 Å². The minimum Gasteiger partial charge on any atom is -0.489 e. The van der Waals surface area contributed by atoms with E-state index in [-0.39, 0.29) is 0 Å². The highest BCUT2D eigenvalue weighted by Gasteiger charge is 2.29. The second kappa shape index (κ2) is 7.25. The molecule has 2 aromatic carbocycles. The summed E-state index contributed by atoms with van der Waals surface area (Å²) in [5, 5.41) is 11.6. The number of nitrogens with one attached hydrogen (secondary N) is 1. The zero-order valence-corrected chi connectivity index (χ0v) is 15.4. The van der Waals surface area contributed by atoms with Gasteiger partial charge in [0.1, 0.15) is 12.4 Å². The van der Waals surface area contributed by atoms with E-state index in [0.29, 0.717) is 17.3 Å². The van der Waals surface area contributed by atoms with Gasteiger partial charge in [-0.15, -0.1) is 0 Å². The Balaban J connectivity index is 1.40. The molecule has 4 rings (SSSR count). The first kappa shape index (κ1) is 16.7. The maximum absolute atomic E-state index is 5.83. The SMILES string of the molecule is Cc1ccc(COc2ccc(/C=N\n3c(C4CC4)n[nH]c3=S)cc2)cc1. The minimum atomic E-state index is 0.484. The zero-order chi connectivity index (χ0) is 17.9. The third-order valence-electron chi connectivity index (χ3n) is 4.35. The molecule has 0 amide bonds. The third-order valence-corrected chi connectivity index (χ3v) is 4.61. The average molecular weight is 364 g/mol. The highest BCUT2D eigenvalue weighted by atomic mass is 32.1. The monoisotopic (exact) mass is 364 g/mol. The second-order valence-corrected chi connectivity index (χ2v) is 6.95. The number of aromatic nitrogens is 3. The van der Waals surface area contributed by atoms with Gasteiger partial charge < -0.3 is 4.74 Å². The number of nitrogens with zero attached hydrogens (tertiary/aromatic N) is 3. The van der Waals surface area contributed by atoms with Crippen LogP contribution in [0.2, 0.25) is 0 Å². The molecule has 0 unspecified atom stereocenters. The van der Waals surface area contributed by atoms with Crippen LogP contribution in [0.3, 0.4) is 0 Å². The number of aromatic amines is 1. The van der Waals surface area contributed by atoms with Gasteiger partial charge in [-0.2, -0.15) is 14.9 Å². The molecular weight excluding hydrogens is 344 g/mol. The Bertz CT molecular complexity index is 966. The van der Waals surface area contributed by atoms with Gasteiger partial charge in [-0.05, 0) is 67.4 Å². The Kier molecular flexibility index (Phi) is 4.67. The van der Waals surface area contributed by atoms with Gasteiger partial charge in [-0.25, -0.2) is 0 Å². The highest BCUT2D eigenvalue weighted by molar-refractivity contribution is 7.71. The van der Waals surface area contributed by atoms with Crippen LogP contribution in [0.5, 0.6) is 5.75 Å². The first-order chi connectivity index (χ1) is 12.7. The molecule has 0 radical (unpaired) electrons. The lowest BCUT2D eigenvalue weighted by Gasteiger charge is -2.07. The molecule has 0 spiro atoms. The molecule has 3 aromatic rings. The first-order valence-electron chi connectivity index (χ1n) is 8.69. The van der Waals surface area contributed by atoms with E-state index in [9.17, 15) is 0 Å². The van der Waals surface area contributed by atoms with Gasteiger partial charge in [-0.3, -0.25) is 5.10 Å². The van der Waals surface area contributed by atoms with Crippen molar-refractivity contribution in [1.82, 2.24) is 14.9 Å². The molecule has 1 aliphatic carbocycles. The largest absolute Gasteiger partial charge is 0.489 e. The van der Waals surface area contributed by atoms with Crippen LogP contribution in [0.15, 0.2) is 53.6 Å². The van der Waals surface area contributed by atoms with Gasteiger partial charge in [0.15, 0.2) is 5.82 Å². The molecule has 1 aromatic heterocycles. The first-order valence-corrected chi connectivity index (χ1v) is 9.10. The van der Waals surface area contributed by atoms with E-state index in [1.54, 1.807) is 10.9 Å². The summed E-state index contributed by atoms with van der Waals surface area (Å²) in [6, 6.07) is 16.2. The molecule has 132 valence electrons. The molecule has 6 heteroatoms. The normalized spacial score (nSPS) is 14.0. The van der Waals surface area contributed by atoms with Crippen molar-refractivity contribution in [3.63, 3.8) is 0 Å². The van der Waals surface area contributed by atoms with E-state index >= 15 is 0 Å². The summed E-state index contributed by atoms with van der Waals surface area (Å²) in [6.45, 7) is 2.64. The molecule has 0 aliphatic heterocycles. The fraction of sp³-hybridized carbons (Fsp3) is 0.250. The summed E-state index contributed by atoms with van der Waals surface area (Å²) in [7, 11) is 0. The molecule has 0 saturated heterocycles. The number of H-pyrrole nitrogens is 1. The minimum absolute atomic E-state index is 0.484. The molecule has 1 heterocycles. The average Bonchev–Trinajstić information content (AvgIpc) is 3.44. The number of benzene rings is 2. The topological polar surface area (TPSA) is 55.2 Å². The fourth-order valence-corrected chi connectivity index (χ4v) is 2.83. The number of aryl methyl sites for hydroxylation is 1. The summed E-state index contributed by atoms with van der Waals surface area (Å²) in [4.78, 5) is 0. The van der Waals surface area contributed by atoms with Crippen molar-refractivity contribution in [2.45, 2.75) is 32.3 Å². The molecule has 1 aliphatic rings. The van der Waals surface area contributed by atoms with Gasteiger partial charge in [0, 0.05) is 5.92 Å². The Hall–Kier alpha value is -2.73. The molecular formula is C20H20N4OS. The van der Waals surface area contributed by atoms with Gasteiger partial charge >= 0.3 is 0 Å². The lowest BCUT2D eigenvalue weighted by molar-refractivity contribution is 0.306. The summed E-state index contributed by atoms with van der Waals surface area (Å²) in [5.41, 5.74) is 3.39. The number of hydrogen-bond acceptors (Lipinski definition) is 4. The second-order valence-electron chi connectivity index (χ2n) is 6.56. The van der Waals surface area contributed by atoms with Crippen LogP contribution in [0.1, 0.15) is 41.3 Å². The van der Waals surface area contributed by atoms with E-state index in [1.165, 1.54) is 5.56 Å². The van der Waals surface area contributed by atoms with Gasteiger partial charge in [0.25, 0.3) is 0 Å². The number of rotatable bonds is 6. The van der Waals surface area contributed by atoms with Crippen LogP contribution < -0.4 is 4.74 Å². The van der Waals surface area contributed by atoms with Crippen molar-refractivity contribution in [2.24, 2.45) is 5.10 Å². The standard InChI is InChI=1S/C20H20N4OS/c1-14-2-4-16(5-3-14)13-25-18-10-6-15(7-11-18)12-21-24-19(17-8-9-17)22-23-20(24)26/h2-7,10-12,17H,8-9,13H2,1H3,(H,23,26)/b21-12-. The van der Waals surface area contributed by atoms with E-state index in [0.717, 1.165) is 35.5 Å². The lowest BCUT2D eigenvalue weighted by Crippen LogP contribution is -1.98. The Morgan fingerprint density at radius 1 is 1.19 bits per heavy atom. The van der Waals surface area contributed by atoms with E-state index in [4.69, 9.17) is 17.0 Å². The summed E-state index contributed by atoms with van der Waals surface area (Å²) < 4.78 is 8.08. The van der Waals surface area contributed by atoms with Gasteiger partial charge in [0.2, 0.25) is 4.77 Å². The van der Waals surface area contributed by atoms with Crippen molar-refractivity contribution in [3.05, 3.63) is 75.8 Å². The maximum Gasteiger partial charge on any atom is 0.216 e. The predicted octanol–water partition coefficient (Wildman–Crippen LogP) is 4.59. The highest BCUT2D eigenvalue weighted by Crippen LogP contribution is 2.38. The van der Waals surface area contributed by atoms with Crippen LogP contribution in [0, 0.1) is 11.7 Å².